The van der Waals surface area contributed by atoms with Crippen LogP contribution in [0.25, 0.3) is 0 Å². The molecule has 0 saturated carbocycles. The van der Waals surface area contributed by atoms with Gasteiger partial charge in [-0.1, -0.05) is 42.3 Å². The second-order valence-electron chi connectivity index (χ2n) is 31.8. The van der Waals surface area contributed by atoms with Crippen molar-refractivity contribution >= 4 is 99.9 Å². The number of aromatic nitrogens is 12. The van der Waals surface area contributed by atoms with Crippen LogP contribution < -0.4 is 87.6 Å². The van der Waals surface area contributed by atoms with Crippen LogP contribution in [0.4, 0.5) is 17.5 Å². The van der Waals surface area contributed by atoms with Gasteiger partial charge in [-0.25, -0.2) is 28.8 Å². The molecule has 6 saturated heterocycles. The highest BCUT2D eigenvalue weighted by Crippen LogP contribution is 2.56. The van der Waals surface area contributed by atoms with E-state index in [4.69, 9.17) is 176 Å². The summed E-state index contributed by atoms with van der Waals surface area (Å²) in [6, 6.07) is 0. The van der Waals surface area contributed by atoms with Crippen LogP contribution in [0.5, 0.6) is 0 Å². The molecule has 64 heteroatoms. The minimum atomic E-state index is -6.17. The molecule has 0 spiro atoms. The Labute approximate surface area is 797 Å². The summed E-state index contributed by atoms with van der Waals surface area (Å²) in [6.07, 6.45) is -29.1. The Morgan fingerprint density at radius 2 is 0.715 bits per heavy atom. The Kier molecular flexibility index (Phi) is 37.6. The number of phosphoric ester groups is 1. The fraction of sp³-hybridized carbons (Fsp3) is 0.671. The van der Waals surface area contributed by atoms with E-state index in [1.807, 2.05) is 0 Å². The molecule has 27 atom stereocenters. The highest BCUT2D eigenvalue weighted by Gasteiger charge is 2.55. The van der Waals surface area contributed by atoms with Gasteiger partial charge in [-0.3, -0.25) is 65.9 Å². The lowest BCUT2D eigenvalue weighted by Gasteiger charge is -2.37. The van der Waals surface area contributed by atoms with Crippen LogP contribution in [0.15, 0.2) is 80.3 Å². The van der Waals surface area contributed by atoms with E-state index < -0.39 is 273 Å². The lowest BCUT2D eigenvalue weighted by atomic mass is 10.1. The van der Waals surface area contributed by atoms with Gasteiger partial charge in [0.25, 0.3) is 24.5 Å². The predicted molar refractivity (Wildman–Crippen MR) is 476 cm³/mol. The summed E-state index contributed by atoms with van der Waals surface area (Å²) in [5.41, 5.74) is 10.4. The number of nitrogens with zero attached hydrogens (tertiary/aromatic N) is 9. The van der Waals surface area contributed by atoms with Crippen molar-refractivity contribution in [2.45, 2.75) is 203 Å². The molecular formula is C73H103N15O40P5S4-5. The number of hydrogen-bond donors (Lipinski definition) is 7. The molecule has 137 heavy (non-hydrogen) atoms. The molecule has 0 amide bonds. The van der Waals surface area contributed by atoms with Gasteiger partial charge in [0.05, 0.1) is 104 Å². The highest BCUT2D eigenvalue weighted by molar-refractivity contribution is 8.32. The summed E-state index contributed by atoms with van der Waals surface area (Å²) in [4.78, 5) is 198. The maximum absolute atomic E-state index is 15.4. The first kappa shape index (κ1) is 109. The molecule has 6 aromatic rings. The highest BCUT2D eigenvalue weighted by atomic mass is 32.7. The van der Waals surface area contributed by atoms with Crippen molar-refractivity contribution in [2.75, 3.05) is 132 Å². The first-order valence-corrected chi connectivity index (χ1v) is 53.6. The Balaban J connectivity index is 0.824. The van der Waals surface area contributed by atoms with E-state index in [0.717, 1.165) is 41.4 Å². The second-order valence-corrected chi connectivity index (χ2v) is 44.0. The minimum absolute atomic E-state index is 0.000186. The lowest BCUT2D eigenvalue weighted by molar-refractivity contribution is -0.238. The van der Waals surface area contributed by atoms with Gasteiger partial charge in [-0.15, -0.1) is 0 Å². The molecule has 764 valence electrons. The van der Waals surface area contributed by atoms with E-state index >= 15 is 14.4 Å². The number of aryl methyl sites for hydroxylation is 6. The predicted octanol–water partition coefficient (Wildman–Crippen LogP) is -4.05. The number of phosphoric acid groups is 1. The number of anilines is 3. The molecule has 12 rings (SSSR count). The third kappa shape index (κ3) is 27.2. The van der Waals surface area contributed by atoms with Gasteiger partial charge in [0.2, 0.25) is 0 Å². The SMILES string of the molecule is CC[C@H]1O[C@@H](n2cc(C)c(N)nc2=O)C[C@H]1OP(=O)([S-])OC[C@H]1O[C@@H](n2cc(C)c(=O)[nH]c2=O)C[C@H]1OP([O-])(=S)OC[C@H]1O[C@@H](n2cc(C)c(=O)[nH]c2=O)C(OCCOC)[C@H]1OP(=O)([O-])OC[C@H]1O[C@@H](n2cc(C)c(N)nc2=O)C(OCCOC)[C@H]1OP([O-])(=S)OC[C@H]1O[C@@H](n2cc(C)c(N)nc2=O)C(OCCOC)[C@H]1OP([O-])(=S)OC[C@H]1O[C@@H](n2cc(C)c(=O)[nH]c2=O)C(OCCOC)[C@H]1O. The van der Waals surface area contributed by atoms with Gasteiger partial charge in [0.15, 0.2) is 31.7 Å². The number of aliphatic hydroxyl groups excluding tert-OH is 1. The first-order chi connectivity index (χ1) is 64.7. The average Bonchev–Trinajstić information content (AvgIpc) is 1.64. The van der Waals surface area contributed by atoms with Crippen molar-refractivity contribution in [3.63, 3.8) is 0 Å². The van der Waals surface area contributed by atoms with Crippen LogP contribution in [0.3, 0.4) is 0 Å². The fourth-order valence-corrected chi connectivity index (χ4v) is 22.0. The maximum atomic E-state index is 15.4. The van der Waals surface area contributed by atoms with Gasteiger partial charge in [0, 0.05) is 112 Å². The lowest BCUT2D eigenvalue weighted by Crippen LogP contribution is -2.43. The quantitative estimate of drug-likeness (QED) is 0.0109. The van der Waals surface area contributed by atoms with Gasteiger partial charge < -0.3 is 166 Å². The molecule has 0 aromatic carbocycles. The van der Waals surface area contributed by atoms with Crippen molar-refractivity contribution in [1.82, 2.24) is 57.3 Å². The third-order valence-corrected chi connectivity index (χ3v) is 29.5. The molecule has 6 fully saturated rings. The van der Waals surface area contributed by atoms with Crippen LogP contribution >= 0.6 is 34.8 Å². The number of nitrogens with two attached hydrogens (primary N) is 3. The standard InChI is InChI=1S/C73H108N15O40P5S4/c1-12-40-41(21-48(118-40)83-23-34(2)58(74)77-68(83)93)124-130(101,134)114-29-43-42(22-49(119-43)84-26-37(5)61(90)80-71(84)96)125-131(102,135)116-32-46-51(55(110-18-14-106-9)65(122-46)88-28-39(7)63(92)82-73(88)98)126-129(99,100)113-31-45-52(56(111-19-15-107-10)66(121-45)85-24-35(3)59(75)78-69(85)94)127-133(104,137)117-33-47-53(57(112-20-16-108-11)67(123-47)86-25-36(4)60(76)79-70(86)95)128-132(103,136)115-30-44-50(89)54(109-17-13-105-8)64(120-44)87-27-38(6)62(91)81-72(87)97/h23-28,40-57,64-67,89H,12-22,29-33H2,1-11H3,(H,99,100)(H,101,134)(H,102,135)(H,103,136)(H,104,137)(H2,74,77,93)(H2,75,78,94)(H2,76,79,95)(H,80,90,96)(H,81,91,97)(H,82,92,98)/p-5/t40-,41-,42-,43-,44-,45-,46-,47-,48-,49-,50+,51+,52+,53+,54?,55?,56?,57?,64-,65-,66-,67-,130?,131?,132?,133?/m1/s1. The molecule has 0 radical (unpaired) electrons. The van der Waals surface area contributed by atoms with Crippen molar-refractivity contribution in [1.29, 1.82) is 0 Å². The number of H-pyrrole nitrogens is 3. The zero-order chi connectivity index (χ0) is 99.8. The molecular weight excluding hydrogens is 2010 g/mol. The Morgan fingerprint density at radius 1 is 0.401 bits per heavy atom. The number of hydrogen-bond acceptors (Lipinski definition) is 50. The first-order valence-electron chi connectivity index (χ1n) is 41.9. The number of nitrogens with one attached hydrogen (secondary N) is 3. The van der Waals surface area contributed by atoms with Crippen molar-refractivity contribution in [3.05, 3.63) is 165 Å². The van der Waals surface area contributed by atoms with Crippen LogP contribution in [-0.2, 0) is 168 Å². The maximum Gasteiger partial charge on any atom is 0.351 e. The van der Waals surface area contributed by atoms with E-state index in [1.54, 1.807) is 13.8 Å². The minimum Gasteiger partial charge on any atom is -0.780 e. The van der Waals surface area contributed by atoms with Crippen LogP contribution in [0.2, 0.25) is 0 Å². The zero-order valence-corrected chi connectivity index (χ0v) is 82.7. The number of aliphatic hydroxyl groups is 1. The molecule has 12 heterocycles. The molecule has 6 aliphatic heterocycles. The van der Waals surface area contributed by atoms with E-state index in [1.165, 1.54) is 86.2 Å². The summed E-state index contributed by atoms with van der Waals surface area (Å²) >= 11 is 22.0. The Hall–Kier alpha value is -6.32. The van der Waals surface area contributed by atoms with Crippen LogP contribution in [0, 0.1) is 41.5 Å². The monoisotopic (exact) mass is 2110 g/mol. The fourth-order valence-electron chi connectivity index (χ4n) is 15.3. The number of rotatable bonds is 48. The van der Waals surface area contributed by atoms with Gasteiger partial charge in [-0.05, 0) is 48.0 Å². The molecule has 6 aliphatic rings. The Morgan fingerprint density at radius 3 is 1.14 bits per heavy atom. The molecule has 6 aromatic heterocycles. The molecule has 0 bridgehead atoms. The average molecular weight is 2110 g/mol. The van der Waals surface area contributed by atoms with E-state index in [-0.39, 0.29) is 97.8 Å². The van der Waals surface area contributed by atoms with Crippen molar-refractivity contribution < 1.29 is 145 Å². The molecule has 0 aliphatic carbocycles. The third-order valence-electron chi connectivity index (χ3n) is 22.3. The molecule has 55 nitrogen and oxygen atoms in total. The van der Waals surface area contributed by atoms with E-state index in [9.17, 15) is 62.6 Å². The molecule has 10 N–H and O–H groups in total. The normalized spacial score (nSPS) is 29.5. The summed E-state index contributed by atoms with van der Waals surface area (Å²) in [5, 5.41) is 11.7. The van der Waals surface area contributed by atoms with Crippen molar-refractivity contribution in [3.8, 4) is 0 Å². The van der Waals surface area contributed by atoms with Gasteiger partial charge >= 0.3 is 34.1 Å². The van der Waals surface area contributed by atoms with Crippen LogP contribution in [-0.4, -0.2) is 274 Å². The second kappa shape index (κ2) is 47.0. The van der Waals surface area contributed by atoms with Crippen molar-refractivity contribution in [2.24, 2.45) is 0 Å². The number of aromatic amines is 3. The Bertz CT molecular complexity index is 6100. The molecule has 9 unspecified atom stereocenters. The van der Waals surface area contributed by atoms with Gasteiger partial charge in [-0.2, -0.15) is 15.0 Å². The summed E-state index contributed by atoms with van der Waals surface area (Å²) < 4.78 is 177. The number of ether oxygens (including phenoxy) is 14. The smallest absolute Gasteiger partial charge is 0.351 e. The summed E-state index contributed by atoms with van der Waals surface area (Å²) in [6.45, 7) is -17.1. The van der Waals surface area contributed by atoms with Crippen LogP contribution in [0.1, 0.15) is 96.9 Å². The zero-order valence-electron chi connectivity index (χ0n) is 75.0. The summed E-state index contributed by atoms with van der Waals surface area (Å²) in [7, 11) is -0.910. The van der Waals surface area contributed by atoms with Gasteiger partial charge in [0.1, 0.15) is 129 Å². The largest absolute Gasteiger partial charge is 0.780 e. The summed E-state index contributed by atoms with van der Waals surface area (Å²) in [5.74, 6) is -0.469. The number of methoxy groups -OCH3 is 4. The number of nitrogen functional groups attached to an aromatic ring is 3. The topological polar surface area (TPSA) is 715 Å². The van der Waals surface area contributed by atoms with E-state index in [2.05, 4.69) is 29.9 Å². The van der Waals surface area contributed by atoms with E-state index in [0.29, 0.717) is 5.56 Å².